The second-order valence-electron chi connectivity index (χ2n) is 8.22. The smallest absolute Gasteiger partial charge is 0.119 e. The first-order chi connectivity index (χ1) is 14.6. The van der Waals surface area contributed by atoms with E-state index in [9.17, 15) is 0 Å². The fourth-order valence-electron chi connectivity index (χ4n) is 3.63. The van der Waals surface area contributed by atoms with Crippen molar-refractivity contribution in [1.82, 2.24) is 9.47 Å². The van der Waals surface area contributed by atoms with E-state index in [-0.39, 0.29) is 0 Å². The van der Waals surface area contributed by atoms with Gasteiger partial charge in [-0.15, -0.1) is 0 Å². The predicted octanol–water partition coefficient (Wildman–Crippen LogP) is 5.60. The van der Waals surface area contributed by atoms with Crippen LogP contribution in [0.1, 0.15) is 37.1 Å². The summed E-state index contributed by atoms with van der Waals surface area (Å²) < 4.78 is 13.1. The second kappa shape index (κ2) is 10.9. The molecule has 0 spiro atoms. The fourth-order valence-corrected chi connectivity index (χ4v) is 3.63. The summed E-state index contributed by atoms with van der Waals surface area (Å²) >= 11 is 0. The van der Waals surface area contributed by atoms with E-state index >= 15 is 0 Å². The van der Waals surface area contributed by atoms with Gasteiger partial charge in [-0.3, -0.25) is 4.90 Å². The van der Waals surface area contributed by atoms with Gasteiger partial charge in [0.25, 0.3) is 0 Å². The average Bonchev–Trinajstić information content (AvgIpc) is 3.18. The summed E-state index contributed by atoms with van der Waals surface area (Å²) in [6, 6.07) is 21.1. The van der Waals surface area contributed by atoms with Gasteiger partial charge in [0.05, 0.1) is 14.2 Å². The minimum absolute atomic E-state index is 0.682. The van der Waals surface area contributed by atoms with Crippen molar-refractivity contribution in [3.8, 4) is 11.5 Å². The summed E-state index contributed by atoms with van der Waals surface area (Å²) in [4.78, 5) is 2.53. The van der Waals surface area contributed by atoms with Crippen molar-refractivity contribution in [3.05, 3.63) is 83.7 Å². The summed E-state index contributed by atoms with van der Waals surface area (Å²) in [6.07, 6.45) is 3.35. The maximum atomic E-state index is 5.41. The van der Waals surface area contributed by atoms with Crippen molar-refractivity contribution < 1.29 is 9.47 Å². The highest BCUT2D eigenvalue weighted by Crippen LogP contribution is 2.19. The van der Waals surface area contributed by atoms with Crippen LogP contribution in [0.4, 0.5) is 0 Å². The van der Waals surface area contributed by atoms with E-state index in [0.29, 0.717) is 5.92 Å². The highest BCUT2D eigenvalue weighted by molar-refractivity contribution is 5.30. The normalized spacial score (nSPS) is 11.3. The quantitative estimate of drug-likeness (QED) is 0.414. The third-order valence-electron chi connectivity index (χ3n) is 5.36. The number of methoxy groups -OCH3 is 2. The lowest BCUT2D eigenvalue weighted by Crippen LogP contribution is -2.26. The van der Waals surface area contributed by atoms with Gasteiger partial charge in [-0.05, 0) is 66.4 Å². The largest absolute Gasteiger partial charge is 0.497 e. The lowest BCUT2D eigenvalue weighted by atomic mass is 10.1. The zero-order valence-electron chi connectivity index (χ0n) is 18.7. The van der Waals surface area contributed by atoms with Gasteiger partial charge in [0.15, 0.2) is 0 Å². The molecule has 160 valence electrons. The molecule has 0 bridgehead atoms. The third-order valence-corrected chi connectivity index (χ3v) is 5.36. The van der Waals surface area contributed by atoms with E-state index < -0.39 is 0 Å². The zero-order chi connectivity index (χ0) is 21.3. The van der Waals surface area contributed by atoms with E-state index in [1.165, 1.54) is 23.2 Å². The standard InChI is InChI=1S/C26H34N2O2/c1-21(2)13-15-27(18-22-8-5-11-25(16-22)29-3)20-24-10-7-14-28(24)19-23-9-6-12-26(17-23)30-4/h5-12,14,16-17,21H,13,15,18-20H2,1-4H3. The molecule has 3 rings (SSSR count). The monoisotopic (exact) mass is 406 g/mol. The molecule has 0 aliphatic carbocycles. The molecule has 0 atom stereocenters. The van der Waals surface area contributed by atoms with Gasteiger partial charge in [-0.1, -0.05) is 38.1 Å². The molecular formula is C26H34N2O2. The molecule has 0 saturated heterocycles. The van der Waals surface area contributed by atoms with Crippen LogP contribution in [0.2, 0.25) is 0 Å². The molecule has 0 aliphatic rings. The Hall–Kier alpha value is -2.72. The van der Waals surface area contributed by atoms with Crippen LogP contribution in [0.15, 0.2) is 66.9 Å². The summed E-state index contributed by atoms with van der Waals surface area (Å²) in [6.45, 7) is 8.31. The van der Waals surface area contributed by atoms with Crippen molar-refractivity contribution >= 4 is 0 Å². The van der Waals surface area contributed by atoms with Gasteiger partial charge in [0, 0.05) is 31.5 Å². The minimum Gasteiger partial charge on any atom is -0.497 e. The Labute approximate surface area is 181 Å². The molecule has 0 unspecified atom stereocenters. The molecule has 0 amide bonds. The molecule has 1 aromatic heterocycles. The number of nitrogens with zero attached hydrogens (tertiary/aromatic N) is 2. The van der Waals surface area contributed by atoms with Crippen LogP contribution in [-0.4, -0.2) is 30.2 Å². The fraction of sp³-hybridized carbons (Fsp3) is 0.385. The Bertz CT molecular complexity index is 917. The van der Waals surface area contributed by atoms with Gasteiger partial charge < -0.3 is 14.0 Å². The minimum atomic E-state index is 0.682. The number of benzene rings is 2. The van der Waals surface area contributed by atoms with Crippen molar-refractivity contribution in [3.63, 3.8) is 0 Å². The summed E-state index contributed by atoms with van der Waals surface area (Å²) in [7, 11) is 3.44. The van der Waals surface area contributed by atoms with Crippen molar-refractivity contribution in [2.75, 3.05) is 20.8 Å². The van der Waals surface area contributed by atoms with Crippen LogP contribution in [0.25, 0.3) is 0 Å². The summed E-state index contributed by atoms with van der Waals surface area (Å²) in [5, 5.41) is 0. The lowest BCUT2D eigenvalue weighted by Gasteiger charge is -2.24. The Morgan fingerprint density at radius 2 is 1.50 bits per heavy atom. The highest BCUT2D eigenvalue weighted by Gasteiger charge is 2.12. The van der Waals surface area contributed by atoms with Crippen LogP contribution in [0.3, 0.4) is 0 Å². The summed E-state index contributed by atoms with van der Waals surface area (Å²) in [5.41, 5.74) is 3.85. The maximum Gasteiger partial charge on any atom is 0.119 e. The molecule has 2 aromatic carbocycles. The van der Waals surface area contributed by atoms with Crippen LogP contribution in [0, 0.1) is 5.92 Å². The van der Waals surface area contributed by atoms with Crippen LogP contribution < -0.4 is 9.47 Å². The Balaban J connectivity index is 1.74. The van der Waals surface area contributed by atoms with Crippen molar-refractivity contribution in [2.24, 2.45) is 5.92 Å². The maximum absolute atomic E-state index is 5.41. The van der Waals surface area contributed by atoms with Crippen molar-refractivity contribution in [1.29, 1.82) is 0 Å². The molecule has 3 aromatic rings. The van der Waals surface area contributed by atoms with Gasteiger partial charge in [-0.25, -0.2) is 0 Å². The second-order valence-corrected chi connectivity index (χ2v) is 8.22. The van der Waals surface area contributed by atoms with E-state index in [1.807, 2.05) is 12.1 Å². The van der Waals surface area contributed by atoms with Crippen molar-refractivity contribution in [2.45, 2.75) is 39.9 Å². The summed E-state index contributed by atoms with van der Waals surface area (Å²) in [5.74, 6) is 2.50. The Kier molecular flexibility index (Phi) is 7.97. The van der Waals surface area contributed by atoms with Crippen LogP contribution >= 0.6 is 0 Å². The Morgan fingerprint density at radius 1 is 0.833 bits per heavy atom. The predicted molar refractivity (Wildman–Crippen MR) is 123 cm³/mol. The zero-order valence-corrected chi connectivity index (χ0v) is 18.7. The molecule has 0 N–H and O–H groups in total. The number of hydrogen-bond donors (Lipinski definition) is 0. The molecule has 0 radical (unpaired) electrons. The van der Waals surface area contributed by atoms with Gasteiger partial charge in [0.2, 0.25) is 0 Å². The number of aromatic nitrogens is 1. The van der Waals surface area contributed by atoms with Crippen LogP contribution in [0.5, 0.6) is 11.5 Å². The van der Waals surface area contributed by atoms with Gasteiger partial charge in [-0.2, -0.15) is 0 Å². The first-order valence-corrected chi connectivity index (χ1v) is 10.7. The first-order valence-electron chi connectivity index (χ1n) is 10.7. The SMILES string of the molecule is COc1cccc(CN(CCC(C)C)Cc2cccn2Cc2cccc(OC)c2)c1. The van der Waals surface area contributed by atoms with E-state index in [0.717, 1.165) is 37.7 Å². The van der Waals surface area contributed by atoms with E-state index in [1.54, 1.807) is 14.2 Å². The molecule has 0 fully saturated rings. The topological polar surface area (TPSA) is 26.6 Å². The molecule has 0 aliphatic heterocycles. The van der Waals surface area contributed by atoms with Crippen LogP contribution in [-0.2, 0) is 19.6 Å². The Morgan fingerprint density at radius 3 is 2.17 bits per heavy atom. The lowest BCUT2D eigenvalue weighted by molar-refractivity contribution is 0.235. The number of hydrogen-bond acceptors (Lipinski definition) is 3. The molecular weight excluding hydrogens is 372 g/mol. The highest BCUT2D eigenvalue weighted by atomic mass is 16.5. The van der Waals surface area contributed by atoms with Gasteiger partial charge >= 0.3 is 0 Å². The molecule has 4 heteroatoms. The average molecular weight is 407 g/mol. The van der Waals surface area contributed by atoms with E-state index in [2.05, 4.69) is 78.0 Å². The molecule has 0 saturated carbocycles. The van der Waals surface area contributed by atoms with E-state index in [4.69, 9.17) is 9.47 Å². The number of ether oxygens (including phenoxy) is 2. The third kappa shape index (κ3) is 6.39. The number of rotatable bonds is 11. The first kappa shape index (κ1) is 22.0. The molecule has 1 heterocycles. The molecule has 4 nitrogen and oxygen atoms in total. The molecule has 30 heavy (non-hydrogen) atoms. The van der Waals surface area contributed by atoms with Gasteiger partial charge in [0.1, 0.15) is 11.5 Å².